The fourth-order valence-electron chi connectivity index (χ4n) is 2.77. The molecule has 0 amide bonds. The molecule has 0 atom stereocenters. The number of anilines is 1. The van der Waals surface area contributed by atoms with Gasteiger partial charge in [-0.15, -0.1) is 0 Å². The highest BCUT2D eigenvalue weighted by Crippen LogP contribution is 2.16. The highest BCUT2D eigenvalue weighted by Gasteiger charge is 2.16. The van der Waals surface area contributed by atoms with Gasteiger partial charge in [0.25, 0.3) is 0 Å². The van der Waals surface area contributed by atoms with E-state index in [1.165, 1.54) is 12.1 Å². The summed E-state index contributed by atoms with van der Waals surface area (Å²) >= 11 is 0. The Kier molecular flexibility index (Phi) is 4.02. The molecule has 0 bridgehead atoms. The monoisotopic (exact) mass is 270 g/mol. The predicted octanol–water partition coefficient (Wildman–Crippen LogP) is 2.13. The molecule has 4 heteroatoms. The van der Waals surface area contributed by atoms with Gasteiger partial charge in [-0.25, -0.2) is 4.98 Å². The Balaban J connectivity index is 1.61. The number of para-hydroxylation sites is 1. The summed E-state index contributed by atoms with van der Waals surface area (Å²) in [7, 11) is 2.07. The third kappa shape index (κ3) is 3.02. The second-order valence-electron chi connectivity index (χ2n) is 5.41. The highest BCUT2D eigenvalue weighted by atomic mass is 15.2. The van der Waals surface area contributed by atoms with E-state index in [-0.39, 0.29) is 0 Å². The number of imidazole rings is 1. The van der Waals surface area contributed by atoms with Crippen molar-refractivity contribution in [3.8, 4) is 0 Å². The number of aryl methyl sites for hydroxylation is 1. The van der Waals surface area contributed by atoms with Gasteiger partial charge in [-0.05, 0) is 18.6 Å². The summed E-state index contributed by atoms with van der Waals surface area (Å²) in [4.78, 5) is 9.42. The largest absolute Gasteiger partial charge is 0.370 e. The molecule has 0 unspecified atom stereocenters. The zero-order valence-electron chi connectivity index (χ0n) is 12.1. The van der Waals surface area contributed by atoms with Crippen LogP contribution in [0.25, 0.3) is 0 Å². The van der Waals surface area contributed by atoms with E-state index in [0.29, 0.717) is 0 Å². The Hall–Kier alpha value is -1.81. The molecule has 0 spiro atoms. The van der Waals surface area contributed by atoms with Gasteiger partial charge in [0.05, 0.1) is 6.54 Å². The van der Waals surface area contributed by atoms with Gasteiger partial charge in [0, 0.05) is 51.3 Å². The second-order valence-corrected chi connectivity index (χ2v) is 5.41. The Bertz CT molecular complexity index is 534. The van der Waals surface area contributed by atoms with Crippen LogP contribution in [0.3, 0.4) is 0 Å². The van der Waals surface area contributed by atoms with E-state index in [4.69, 9.17) is 0 Å². The molecule has 1 aromatic heterocycles. The van der Waals surface area contributed by atoms with Gasteiger partial charge in [-0.3, -0.25) is 4.90 Å². The fourth-order valence-corrected chi connectivity index (χ4v) is 2.77. The minimum Gasteiger partial charge on any atom is -0.370 e. The lowest BCUT2D eigenvalue weighted by Crippen LogP contribution is -2.31. The van der Waals surface area contributed by atoms with E-state index in [9.17, 15) is 0 Å². The van der Waals surface area contributed by atoms with Gasteiger partial charge >= 0.3 is 0 Å². The Morgan fingerprint density at radius 1 is 1.05 bits per heavy atom. The van der Waals surface area contributed by atoms with Crippen LogP contribution < -0.4 is 4.90 Å². The minimum absolute atomic E-state index is 0.951. The SMILES string of the molecule is Cn1ccnc1CN1CCCN(c2ccccc2)CC1. The molecule has 0 N–H and O–H groups in total. The van der Waals surface area contributed by atoms with Crippen molar-refractivity contribution in [1.29, 1.82) is 0 Å². The van der Waals surface area contributed by atoms with Crippen LogP contribution in [0.1, 0.15) is 12.2 Å². The van der Waals surface area contributed by atoms with Crippen LogP contribution in [0.15, 0.2) is 42.7 Å². The van der Waals surface area contributed by atoms with Crippen LogP contribution in [0.2, 0.25) is 0 Å². The van der Waals surface area contributed by atoms with Gasteiger partial charge in [-0.2, -0.15) is 0 Å². The number of nitrogens with zero attached hydrogens (tertiary/aromatic N) is 4. The van der Waals surface area contributed by atoms with Crippen molar-refractivity contribution >= 4 is 5.69 Å². The summed E-state index contributed by atoms with van der Waals surface area (Å²) in [5, 5.41) is 0. The molecule has 1 aliphatic rings. The standard InChI is InChI=1S/C16H22N4/c1-18-11-8-17-16(18)14-19-9-5-10-20(13-12-19)15-6-3-2-4-7-15/h2-4,6-8,11H,5,9-10,12-14H2,1H3. The van der Waals surface area contributed by atoms with Gasteiger partial charge in [0.1, 0.15) is 5.82 Å². The normalized spacial score (nSPS) is 17.1. The summed E-state index contributed by atoms with van der Waals surface area (Å²) in [6.45, 7) is 5.43. The smallest absolute Gasteiger partial charge is 0.122 e. The summed E-state index contributed by atoms with van der Waals surface area (Å²) < 4.78 is 2.11. The Labute approximate surface area is 120 Å². The quantitative estimate of drug-likeness (QED) is 0.854. The number of benzene rings is 1. The molecule has 1 fully saturated rings. The van der Waals surface area contributed by atoms with Crippen molar-refractivity contribution in [2.45, 2.75) is 13.0 Å². The lowest BCUT2D eigenvalue weighted by molar-refractivity contribution is 0.275. The van der Waals surface area contributed by atoms with Crippen molar-refractivity contribution in [3.05, 3.63) is 48.5 Å². The van der Waals surface area contributed by atoms with E-state index in [1.807, 2.05) is 12.4 Å². The first-order valence-corrected chi connectivity index (χ1v) is 7.31. The molecule has 2 heterocycles. The first kappa shape index (κ1) is 13.2. The number of hydrogen-bond acceptors (Lipinski definition) is 3. The fraction of sp³-hybridized carbons (Fsp3) is 0.438. The molecule has 1 aromatic carbocycles. The third-order valence-electron chi connectivity index (χ3n) is 4.00. The second kappa shape index (κ2) is 6.09. The van der Waals surface area contributed by atoms with Gasteiger partial charge in [-0.1, -0.05) is 18.2 Å². The average molecular weight is 270 g/mol. The van der Waals surface area contributed by atoms with Crippen LogP contribution in [-0.4, -0.2) is 40.6 Å². The zero-order chi connectivity index (χ0) is 13.8. The van der Waals surface area contributed by atoms with Crippen molar-refractivity contribution in [1.82, 2.24) is 14.5 Å². The summed E-state index contributed by atoms with van der Waals surface area (Å²) in [5.41, 5.74) is 1.34. The molecule has 2 aromatic rings. The molecule has 0 radical (unpaired) electrons. The van der Waals surface area contributed by atoms with Crippen LogP contribution >= 0.6 is 0 Å². The molecule has 1 saturated heterocycles. The molecule has 3 rings (SSSR count). The number of rotatable bonds is 3. The van der Waals surface area contributed by atoms with Crippen LogP contribution in [-0.2, 0) is 13.6 Å². The van der Waals surface area contributed by atoms with Crippen LogP contribution in [0, 0.1) is 0 Å². The molecule has 20 heavy (non-hydrogen) atoms. The minimum atomic E-state index is 0.951. The lowest BCUT2D eigenvalue weighted by atomic mass is 10.3. The third-order valence-corrected chi connectivity index (χ3v) is 4.00. The maximum absolute atomic E-state index is 4.43. The zero-order valence-corrected chi connectivity index (χ0v) is 12.1. The molecular formula is C16H22N4. The topological polar surface area (TPSA) is 24.3 Å². The van der Waals surface area contributed by atoms with E-state index in [0.717, 1.165) is 38.5 Å². The highest BCUT2D eigenvalue weighted by molar-refractivity contribution is 5.46. The maximum Gasteiger partial charge on any atom is 0.122 e. The molecule has 106 valence electrons. The van der Waals surface area contributed by atoms with Crippen molar-refractivity contribution in [3.63, 3.8) is 0 Å². The van der Waals surface area contributed by atoms with Crippen LogP contribution in [0.5, 0.6) is 0 Å². The predicted molar refractivity (Wildman–Crippen MR) is 81.8 cm³/mol. The Morgan fingerprint density at radius 2 is 1.90 bits per heavy atom. The molecular weight excluding hydrogens is 248 g/mol. The van der Waals surface area contributed by atoms with Crippen molar-refractivity contribution in [2.75, 3.05) is 31.1 Å². The first-order chi connectivity index (χ1) is 9.83. The maximum atomic E-state index is 4.43. The number of hydrogen-bond donors (Lipinski definition) is 0. The molecule has 1 aliphatic heterocycles. The van der Waals surface area contributed by atoms with Crippen molar-refractivity contribution < 1.29 is 0 Å². The van der Waals surface area contributed by atoms with Crippen molar-refractivity contribution in [2.24, 2.45) is 7.05 Å². The lowest BCUT2D eigenvalue weighted by Gasteiger charge is -2.23. The molecule has 0 aliphatic carbocycles. The van der Waals surface area contributed by atoms with E-state index in [2.05, 4.69) is 56.7 Å². The molecule has 0 saturated carbocycles. The molecule has 4 nitrogen and oxygen atoms in total. The van der Waals surface area contributed by atoms with Gasteiger partial charge in [0.15, 0.2) is 0 Å². The van der Waals surface area contributed by atoms with Gasteiger partial charge < -0.3 is 9.47 Å². The first-order valence-electron chi connectivity index (χ1n) is 7.31. The van der Waals surface area contributed by atoms with Crippen LogP contribution in [0.4, 0.5) is 5.69 Å². The van der Waals surface area contributed by atoms with E-state index in [1.54, 1.807) is 0 Å². The summed E-state index contributed by atoms with van der Waals surface area (Å²) in [6.07, 6.45) is 5.10. The van der Waals surface area contributed by atoms with Gasteiger partial charge in [0.2, 0.25) is 0 Å². The Morgan fingerprint density at radius 3 is 2.65 bits per heavy atom. The summed E-state index contributed by atoms with van der Waals surface area (Å²) in [5.74, 6) is 1.15. The average Bonchev–Trinajstić information content (AvgIpc) is 2.75. The number of aromatic nitrogens is 2. The van der Waals surface area contributed by atoms with E-state index < -0.39 is 0 Å². The van der Waals surface area contributed by atoms with E-state index >= 15 is 0 Å². The summed E-state index contributed by atoms with van der Waals surface area (Å²) in [6, 6.07) is 10.7.